The molecule has 2 aromatic carbocycles. The van der Waals surface area contributed by atoms with Gasteiger partial charge in [-0.05, 0) is 86.4 Å². The number of carbonyl (C=O) groups is 1. The predicted molar refractivity (Wildman–Crippen MR) is 197 cm³/mol. The molecule has 2 atom stereocenters. The summed E-state index contributed by atoms with van der Waals surface area (Å²) in [6, 6.07) is 6.04. The van der Waals surface area contributed by atoms with E-state index in [4.69, 9.17) is 69.6 Å². The number of Topliss-reactive ketones (excluding diaryl/α,β-unsaturated/α-hetero) is 1. The number of carbonyl (C=O) groups excluding carboxylic acids is 1. The predicted octanol–water partition coefficient (Wildman–Crippen LogP) is 10.9. The molecule has 0 radical (unpaired) electrons. The van der Waals surface area contributed by atoms with E-state index in [0.717, 1.165) is 31.7 Å². The maximum atomic E-state index is 13.9. The van der Waals surface area contributed by atoms with Crippen LogP contribution < -0.4 is 5.32 Å². The molecule has 2 aromatic rings. The van der Waals surface area contributed by atoms with Crippen molar-refractivity contribution in [2.24, 2.45) is 0 Å². The van der Waals surface area contributed by atoms with Gasteiger partial charge in [-0.15, -0.1) is 0 Å². The van der Waals surface area contributed by atoms with Gasteiger partial charge in [0.2, 0.25) is 7.59 Å². The van der Waals surface area contributed by atoms with E-state index in [-0.39, 0.29) is 29.2 Å². The van der Waals surface area contributed by atoms with E-state index in [0.29, 0.717) is 50.5 Å². The van der Waals surface area contributed by atoms with Gasteiger partial charge >= 0.3 is 12.4 Å². The maximum Gasteiger partial charge on any atom is 0.416 e. The molecule has 3 fully saturated rings. The summed E-state index contributed by atoms with van der Waals surface area (Å²) < 4.78 is 77.8. The van der Waals surface area contributed by atoms with Crippen LogP contribution in [0.1, 0.15) is 91.2 Å². The van der Waals surface area contributed by atoms with Crippen LogP contribution in [0.15, 0.2) is 36.4 Å². The Morgan fingerprint density at radius 2 is 1.37 bits per heavy atom. The smallest absolute Gasteiger partial charge is 0.307 e. The molecule has 3 aliphatic rings. The zero-order chi connectivity index (χ0) is 38.1. The molecule has 16 heteroatoms. The Labute approximate surface area is 330 Å². The summed E-state index contributed by atoms with van der Waals surface area (Å²) in [5.74, 6) is -0.528. The molecule has 290 valence electrons. The van der Waals surface area contributed by atoms with E-state index in [1.54, 1.807) is 18.2 Å². The molecule has 2 saturated heterocycles. The molecule has 2 aliphatic heterocycles. The van der Waals surface area contributed by atoms with Crippen molar-refractivity contribution in [2.45, 2.75) is 102 Å². The third-order valence-electron chi connectivity index (χ3n) is 10.9. The first-order valence-electron chi connectivity index (χ1n) is 17.5. The number of hydrogen-bond acceptors (Lipinski definition) is 4. The number of alkyl halides is 12. The van der Waals surface area contributed by atoms with Gasteiger partial charge < -0.3 is 10.2 Å². The van der Waals surface area contributed by atoms with Crippen LogP contribution in [0.4, 0.5) is 26.3 Å². The maximum absolute atomic E-state index is 13.9. The highest BCUT2D eigenvalue weighted by Crippen LogP contribution is 2.50. The van der Waals surface area contributed by atoms with Crippen molar-refractivity contribution in [1.82, 2.24) is 15.1 Å². The summed E-state index contributed by atoms with van der Waals surface area (Å²) in [7, 11) is 0. The minimum absolute atomic E-state index is 0.0565. The Morgan fingerprint density at radius 3 is 1.92 bits per heavy atom. The first-order valence-corrected chi connectivity index (χ1v) is 19.7. The molecular weight excluding hydrogens is 817 g/mol. The average Bonchev–Trinajstić information content (AvgIpc) is 3.30. The first kappa shape index (κ1) is 42.5. The van der Waals surface area contributed by atoms with Gasteiger partial charge in [-0.2, -0.15) is 26.3 Å². The number of nitrogens with zero attached hydrogens (tertiary/aromatic N) is 2. The monoisotopic (exact) mass is 855 g/mol. The topological polar surface area (TPSA) is 35.6 Å². The third kappa shape index (κ3) is 10.8. The minimum atomic E-state index is -5.03. The number of halogens is 12. The fraction of sp³-hybridized carbons (Fsp3) is 0.639. The largest absolute Gasteiger partial charge is 0.416 e. The highest BCUT2D eigenvalue weighted by molar-refractivity contribution is 6.69. The van der Waals surface area contributed by atoms with Crippen molar-refractivity contribution in [2.75, 3.05) is 39.3 Å². The lowest BCUT2D eigenvalue weighted by Crippen LogP contribution is -2.51. The molecule has 5 rings (SSSR count). The molecule has 2 unspecified atom stereocenters. The molecular formula is C36H41Cl6F6N3O. The summed E-state index contributed by atoms with van der Waals surface area (Å²) in [6.07, 6.45) is -2.46. The Balaban J connectivity index is 1.45. The summed E-state index contributed by atoms with van der Waals surface area (Å²) in [6.45, 7) is 4.72. The molecule has 0 bridgehead atoms. The second kappa shape index (κ2) is 16.8. The van der Waals surface area contributed by atoms with Gasteiger partial charge in [0.05, 0.1) is 17.2 Å². The molecule has 0 amide bonds. The van der Waals surface area contributed by atoms with E-state index in [2.05, 4.69) is 15.1 Å². The van der Waals surface area contributed by atoms with Crippen LogP contribution in [0.25, 0.3) is 0 Å². The Bertz CT molecular complexity index is 1520. The lowest BCUT2D eigenvalue weighted by Gasteiger charge is -2.43. The van der Waals surface area contributed by atoms with Crippen LogP contribution in [0, 0.1) is 0 Å². The van der Waals surface area contributed by atoms with Gasteiger partial charge in [0.25, 0.3) is 0 Å². The van der Waals surface area contributed by atoms with Gasteiger partial charge in [0.15, 0.2) is 5.78 Å². The zero-order valence-corrected chi connectivity index (χ0v) is 32.8. The minimum Gasteiger partial charge on any atom is -0.307 e. The summed E-state index contributed by atoms with van der Waals surface area (Å²) in [5, 5.41) is 3.22. The SMILES string of the molecule is O=C(Cc1cc(C(F)(F)F)cc(C(F)(F)F)c1)C1CC(CCN2CCN(C3CCCCC3)CC2)(c2ccc(C(Cl)(Cl)Cl)c(C(Cl)(Cl)Cl)c2)CCCN1. The van der Waals surface area contributed by atoms with Gasteiger partial charge in [0, 0.05) is 49.8 Å². The van der Waals surface area contributed by atoms with Gasteiger partial charge in [-0.1, -0.05) is 107 Å². The van der Waals surface area contributed by atoms with Crippen molar-refractivity contribution in [3.8, 4) is 0 Å². The average molecular weight is 858 g/mol. The first-order chi connectivity index (χ1) is 24.2. The van der Waals surface area contributed by atoms with Crippen molar-refractivity contribution in [3.05, 3.63) is 69.8 Å². The Morgan fingerprint density at radius 1 is 0.769 bits per heavy atom. The van der Waals surface area contributed by atoms with Gasteiger partial charge in [-0.25, -0.2) is 0 Å². The van der Waals surface area contributed by atoms with Crippen molar-refractivity contribution in [1.29, 1.82) is 0 Å². The lowest BCUT2D eigenvalue weighted by molar-refractivity contribution is -0.143. The molecule has 1 saturated carbocycles. The normalized spacial score (nSPS) is 23.8. The van der Waals surface area contributed by atoms with Crippen molar-refractivity contribution < 1.29 is 31.1 Å². The van der Waals surface area contributed by atoms with Crippen LogP contribution in [0.2, 0.25) is 0 Å². The number of rotatable bonds is 8. The van der Waals surface area contributed by atoms with E-state index in [9.17, 15) is 31.1 Å². The second-order valence-electron chi connectivity index (χ2n) is 14.3. The van der Waals surface area contributed by atoms with Gasteiger partial charge in [0.1, 0.15) is 0 Å². The quantitative estimate of drug-likeness (QED) is 0.212. The molecule has 1 N–H and O–H groups in total. The van der Waals surface area contributed by atoms with E-state index in [1.807, 2.05) is 0 Å². The molecule has 52 heavy (non-hydrogen) atoms. The lowest BCUT2D eigenvalue weighted by atomic mass is 9.69. The fourth-order valence-corrected chi connectivity index (χ4v) is 9.06. The Hall–Kier alpha value is -0.690. The summed E-state index contributed by atoms with van der Waals surface area (Å²) in [4.78, 5) is 18.9. The van der Waals surface area contributed by atoms with E-state index >= 15 is 0 Å². The highest BCUT2D eigenvalue weighted by Gasteiger charge is 2.43. The number of ketones is 1. The summed E-state index contributed by atoms with van der Waals surface area (Å²) >= 11 is 38.0. The third-order valence-corrected chi connectivity index (χ3v) is 12.1. The molecule has 0 aromatic heterocycles. The van der Waals surface area contributed by atoms with Crippen LogP contribution in [0.3, 0.4) is 0 Å². The van der Waals surface area contributed by atoms with Gasteiger partial charge in [-0.3, -0.25) is 9.69 Å². The summed E-state index contributed by atoms with van der Waals surface area (Å²) in [5.41, 5.74) is -2.97. The van der Waals surface area contributed by atoms with Crippen LogP contribution in [-0.4, -0.2) is 66.9 Å². The van der Waals surface area contributed by atoms with Crippen LogP contribution in [0.5, 0.6) is 0 Å². The second-order valence-corrected chi connectivity index (χ2v) is 18.9. The van der Waals surface area contributed by atoms with Crippen molar-refractivity contribution in [3.63, 3.8) is 0 Å². The van der Waals surface area contributed by atoms with Crippen LogP contribution in [-0.2, 0) is 36.6 Å². The number of nitrogens with one attached hydrogen (secondary N) is 1. The fourth-order valence-electron chi connectivity index (χ4n) is 8.10. The van der Waals surface area contributed by atoms with E-state index < -0.39 is 54.7 Å². The zero-order valence-electron chi connectivity index (χ0n) is 28.3. The number of benzene rings is 2. The molecule has 1 aliphatic carbocycles. The highest BCUT2D eigenvalue weighted by atomic mass is 35.6. The van der Waals surface area contributed by atoms with E-state index in [1.165, 1.54) is 32.1 Å². The molecule has 4 nitrogen and oxygen atoms in total. The molecule has 0 spiro atoms. The van der Waals surface area contributed by atoms with Crippen LogP contribution >= 0.6 is 69.6 Å². The Kier molecular flexibility index (Phi) is 13.7. The number of piperazine rings is 1. The van der Waals surface area contributed by atoms with Crippen molar-refractivity contribution >= 4 is 75.4 Å². The molecule has 2 heterocycles. The standard InChI is InChI=1S/C36H41Cl6F6N3O/c37-33(38,39)28-8-7-24(21-29(28)34(40,41)42)32(10-12-50-13-15-51(16-14-50)27-5-2-1-3-6-27)9-4-11-49-30(22-32)31(52)19-23-17-25(35(43,44)45)20-26(18-23)36(46,47)48/h7-8,17-18,20-21,27,30,49H,1-6,9-16,19,22H2. The number of hydrogen-bond donors (Lipinski definition) is 1.